The fourth-order valence-electron chi connectivity index (χ4n) is 3.58. The number of carbonyl (C=O) groups excluding carboxylic acids is 2. The van der Waals surface area contributed by atoms with E-state index in [0.29, 0.717) is 29.4 Å². The number of hydrogen-bond donors (Lipinski definition) is 1. The van der Waals surface area contributed by atoms with E-state index in [1.54, 1.807) is 37.5 Å². The SMILES string of the molecule is CCCCCOc1ccc(/C=C/C(=O)Oc2ccc(C(=O)Nc3ccc(C)cc3C)cc2)cc1OC. The quantitative estimate of drug-likeness (QED) is 0.140. The Hall–Kier alpha value is -4.06. The number of ether oxygens (including phenoxy) is 3. The minimum atomic E-state index is -0.527. The zero-order valence-corrected chi connectivity index (χ0v) is 21.3. The van der Waals surface area contributed by atoms with Crippen molar-refractivity contribution in [3.8, 4) is 17.2 Å². The molecule has 0 unspecified atom stereocenters. The van der Waals surface area contributed by atoms with E-state index in [2.05, 4.69) is 12.2 Å². The fraction of sp³-hybridized carbons (Fsp3) is 0.267. The lowest BCUT2D eigenvalue weighted by atomic mass is 10.1. The number of esters is 1. The zero-order chi connectivity index (χ0) is 25.9. The van der Waals surface area contributed by atoms with Gasteiger partial charge in [-0.05, 0) is 79.9 Å². The molecule has 1 amide bonds. The Bertz CT molecular complexity index is 1210. The summed E-state index contributed by atoms with van der Waals surface area (Å²) in [5, 5.41) is 2.91. The number of hydrogen-bond acceptors (Lipinski definition) is 5. The summed E-state index contributed by atoms with van der Waals surface area (Å²) in [5.41, 5.74) is 4.14. The molecule has 36 heavy (non-hydrogen) atoms. The number of methoxy groups -OCH3 is 1. The van der Waals surface area contributed by atoms with Gasteiger partial charge in [-0.15, -0.1) is 0 Å². The van der Waals surface area contributed by atoms with Crippen molar-refractivity contribution >= 4 is 23.6 Å². The van der Waals surface area contributed by atoms with E-state index >= 15 is 0 Å². The van der Waals surface area contributed by atoms with Gasteiger partial charge in [-0.25, -0.2) is 4.79 Å². The summed E-state index contributed by atoms with van der Waals surface area (Å²) in [6, 6.07) is 17.8. The third kappa shape index (κ3) is 7.73. The number of amides is 1. The molecular weight excluding hydrogens is 454 g/mol. The van der Waals surface area contributed by atoms with Crippen molar-refractivity contribution in [2.75, 3.05) is 19.0 Å². The van der Waals surface area contributed by atoms with E-state index in [1.807, 2.05) is 50.2 Å². The maximum Gasteiger partial charge on any atom is 0.336 e. The first-order valence-electron chi connectivity index (χ1n) is 12.1. The van der Waals surface area contributed by atoms with Crippen LogP contribution in [0.25, 0.3) is 6.08 Å². The number of benzene rings is 3. The van der Waals surface area contributed by atoms with Gasteiger partial charge in [-0.2, -0.15) is 0 Å². The predicted molar refractivity (Wildman–Crippen MR) is 143 cm³/mol. The molecule has 0 spiro atoms. The summed E-state index contributed by atoms with van der Waals surface area (Å²) in [6.45, 7) is 6.74. The number of unbranched alkanes of at least 4 members (excludes halogenated alkanes) is 2. The van der Waals surface area contributed by atoms with E-state index < -0.39 is 5.97 Å². The summed E-state index contributed by atoms with van der Waals surface area (Å²) < 4.78 is 16.6. The molecule has 6 heteroatoms. The molecule has 3 rings (SSSR count). The van der Waals surface area contributed by atoms with Crippen LogP contribution in [0.15, 0.2) is 66.7 Å². The predicted octanol–water partition coefficient (Wildman–Crippen LogP) is 6.75. The van der Waals surface area contributed by atoms with Gasteiger partial charge in [0.1, 0.15) is 5.75 Å². The smallest absolute Gasteiger partial charge is 0.336 e. The van der Waals surface area contributed by atoms with Gasteiger partial charge in [0.2, 0.25) is 0 Å². The van der Waals surface area contributed by atoms with Crippen molar-refractivity contribution < 1.29 is 23.8 Å². The number of anilines is 1. The molecular formula is C30H33NO5. The number of aryl methyl sites for hydroxylation is 2. The topological polar surface area (TPSA) is 73.9 Å². The van der Waals surface area contributed by atoms with Gasteiger partial charge in [-0.3, -0.25) is 4.79 Å². The summed E-state index contributed by atoms with van der Waals surface area (Å²) in [5.74, 6) is 0.876. The van der Waals surface area contributed by atoms with Crippen LogP contribution in [-0.2, 0) is 4.79 Å². The number of rotatable bonds is 11. The number of nitrogens with one attached hydrogen (secondary N) is 1. The summed E-state index contributed by atoms with van der Waals surface area (Å²) in [7, 11) is 1.59. The number of carbonyl (C=O) groups is 2. The van der Waals surface area contributed by atoms with Gasteiger partial charge in [0.25, 0.3) is 5.91 Å². The van der Waals surface area contributed by atoms with E-state index in [0.717, 1.165) is 41.6 Å². The van der Waals surface area contributed by atoms with Crippen molar-refractivity contribution in [1.82, 2.24) is 0 Å². The lowest BCUT2D eigenvalue weighted by molar-refractivity contribution is -0.128. The second-order valence-electron chi connectivity index (χ2n) is 8.52. The Kier molecular flexibility index (Phi) is 9.69. The molecule has 3 aromatic carbocycles. The van der Waals surface area contributed by atoms with Crippen LogP contribution in [0.3, 0.4) is 0 Å². The maximum absolute atomic E-state index is 12.6. The van der Waals surface area contributed by atoms with Crippen LogP contribution in [0.5, 0.6) is 17.2 Å². The molecule has 0 aliphatic heterocycles. The van der Waals surface area contributed by atoms with Crippen molar-refractivity contribution in [2.45, 2.75) is 40.0 Å². The first kappa shape index (κ1) is 26.5. The Labute approximate surface area is 212 Å². The van der Waals surface area contributed by atoms with Crippen LogP contribution in [0.1, 0.15) is 53.2 Å². The third-order valence-corrected chi connectivity index (χ3v) is 5.57. The maximum atomic E-state index is 12.6. The fourth-order valence-corrected chi connectivity index (χ4v) is 3.58. The molecule has 1 N–H and O–H groups in total. The van der Waals surface area contributed by atoms with E-state index in [9.17, 15) is 9.59 Å². The van der Waals surface area contributed by atoms with E-state index in [1.165, 1.54) is 6.08 Å². The second-order valence-corrected chi connectivity index (χ2v) is 8.52. The molecule has 0 fully saturated rings. The summed E-state index contributed by atoms with van der Waals surface area (Å²) in [4.78, 5) is 24.8. The molecule has 0 radical (unpaired) electrons. The van der Waals surface area contributed by atoms with Gasteiger partial charge < -0.3 is 19.5 Å². The largest absolute Gasteiger partial charge is 0.493 e. The summed E-state index contributed by atoms with van der Waals surface area (Å²) >= 11 is 0. The van der Waals surface area contributed by atoms with E-state index in [4.69, 9.17) is 14.2 Å². The minimum absolute atomic E-state index is 0.230. The van der Waals surface area contributed by atoms with Gasteiger partial charge >= 0.3 is 5.97 Å². The van der Waals surface area contributed by atoms with Crippen LogP contribution in [0.2, 0.25) is 0 Å². The molecule has 0 saturated heterocycles. The lowest BCUT2D eigenvalue weighted by Crippen LogP contribution is -2.13. The van der Waals surface area contributed by atoms with Crippen molar-refractivity contribution in [3.63, 3.8) is 0 Å². The van der Waals surface area contributed by atoms with E-state index in [-0.39, 0.29) is 5.91 Å². The molecule has 0 atom stereocenters. The molecule has 3 aromatic rings. The van der Waals surface area contributed by atoms with Crippen molar-refractivity contribution in [2.24, 2.45) is 0 Å². The molecule has 0 bridgehead atoms. The normalized spacial score (nSPS) is 10.8. The molecule has 0 aliphatic rings. The average molecular weight is 488 g/mol. The minimum Gasteiger partial charge on any atom is -0.493 e. The van der Waals surface area contributed by atoms with Gasteiger partial charge in [0.05, 0.1) is 13.7 Å². The highest BCUT2D eigenvalue weighted by Crippen LogP contribution is 2.29. The first-order valence-corrected chi connectivity index (χ1v) is 12.1. The Morgan fingerprint density at radius 1 is 0.917 bits per heavy atom. The second kappa shape index (κ2) is 13.1. The van der Waals surface area contributed by atoms with Crippen molar-refractivity contribution in [1.29, 1.82) is 0 Å². The van der Waals surface area contributed by atoms with Crippen LogP contribution >= 0.6 is 0 Å². The molecule has 0 aromatic heterocycles. The molecule has 188 valence electrons. The molecule has 0 aliphatic carbocycles. The standard InChI is InChI=1S/C30H33NO5/c1-5-6-7-18-35-27-16-9-23(20-28(27)34-4)10-17-29(32)36-25-13-11-24(12-14-25)30(33)31-26-15-8-21(2)19-22(26)3/h8-17,19-20H,5-7,18H2,1-4H3,(H,31,33)/b17-10+. The lowest BCUT2D eigenvalue weighted by Gasteiger charge is -2.11. The highest BCUT2D eigenvalue weighted by Gasteiger charge is 2.10. The Morgan fingerprint density at radius 2 is 1.69 bits per heavy atom. The van der Waals surface area contributed by atoms with Crippen LogP contribution in [0.4, 0.5) is 5.69 Å². The average Bonchev–Trinajstić information content (AvgIpc) is 2.87. The Balaban J connectivity index is 1.56. The molecule has 6 nitrogen and oxygen atoms in total. The third-order valence-electron chi connectivity index (χ3n) is 5.57. The molecule has 0 heterocycles. The first-order chi connectivity index (χ1) is 17.4. The Morgan fingerprint density at radius 3 is 2.39 bits per heavy atom. The van der Waals surface area contributed by atoms with Gasteiger partial charge in [0.15, 0.2) is 11.5 Å². The van der Waals surface area contributed by atoms with Crippen LogP contribution in [-0.4, -0.2) is 25.6 Å². The highest BCUT2D eigenvalue weighted by molar-refractivity contribution is 6.04. The zero-order valence-electron chi connectivity index (χ0n) is 21.3. The van der Waals surface area contributed by atoms with Crippen LogP contribution in [0, 0.1) is 13.8 Å². The highest BCUT2D eigenvalue weighted by atomic mass is 16.5. The monoisotopic (exact) mass is 487 g/mol. The molecule has 0 saturated carbocycles. The van der Waals surface area contributed by atoms with Crippen LogP contribution < -0.4 is 19.5 Å². The van der Waals surface area contributed by atoms with Gasteiger partial charge in [-0.1, -0.05) is 43.5 Å². The van der Waals surface area contributed by atoms with Crippen molar-refractivity contribution in [3.05, 3.63) is 89.0 Å². The van der Waals surface area contributed by atoms with Gasteiger partial charge in [0, 0.05) is 17.3 Å². The summed E-state index contributed by atoms with van der Waals surface area (Å²) in [6.07, 6.45) is 6.24.